The Kier molecular flexibility index (Phi) is 4.42. The Labute approximate surface area is 118 Å². The molecular weight excluding hydrogens is 260 g/mol. The average Bonchev–Trinajstić information content (AvgIpc) is 2.78. The molecule has 2 heterocycles. The van der Waals surface area contributed by atoms with Gasteiger partial charge in [0.25, 0.3) is 0 Å². The molecule has 0 saturated carbocycles. The Balaban J connectivity index is 2.04. The Morgan fingerprint density at radius 2 is 2.11 bits per heavy atom. The van der Waals surface area contributed by atoms with Crippen molar-refractivity contribution in [3.63, 3.8) is 0 Å². The molecule has 0 fully saturated rings. The summed E-state index contributed by atoms with van der Waals surface area (Å²) in [5.41, 5.74) is 3.11. The van der Waals surface area contributed by atoms with Crippen molar-refractivity contribution in [3.05, 3.63) is 10.5 Å². The van der Waals surface area contributed by atoms with Crippen LogP contribution in [0.15, 0.2) is 0 Å². The first-order valence-corrected chi connectivity index (χ1v) is 7.15. The zero-order valence-electron chi connectivity index (χ0n) is 12.1. The molecule has 0 unspecified atom stereocenters. The number of hydrogen-bond acceptors (Lipinski definition) is 3. The molecule has 0 aromatic carbocycles. The van der Waals surface area contributed by atoms with Crippen LogP contribution < -0.4 is 0 Å². The number of hydrogen-bond donors (Lipinski definition) is 1. The minimum atomic E-state index is 0.306. The second-order valence-corrected chi connectivity index (χ2v) is 5.50. The van der Waals surface area contributed by atoms with Crippen LogP contribution in [-0.2, 0) is 18.3 Å². The maximum atomic E-state index is 5.55. The molecule has 0 bridgehead atoms. The predicted octanol–water partition coefficient (Wildman–Crippen LogP) is 2.95. The van der Waals surface area contributed by atoms with Crippen LogP contribution in [0.25, 0.3) is 11.2 Å². The van der Waals surface area contributed by atoms with Crippen LogP contribution in [0, 0.1) is 11.7 Å². The van der Waals surface area contributed by atoms with Gasteiger partial charge in [-0.15, -0.1) is 0 Å². The number of fused-ring (bicyclic) bond motifs is 1. The zero-order valence-corrected chi connectivity index (χ0v) is 12.9. The lowest BCUT2D eigenvalue weighted by Gasteiger charge is -2.08. The lowest BCUT2D eigenvalue weighted by atomic mass is 10.3. The van der Waals surface area contributed by atoms with Crippen molar-refractivity contribution in [1.29, 1.82) is 0 Å². The molecule has 2 aromatic rings. The SMILES string of the molecule is Cc1nn(C)c2c1[nH]c(=S)n2CCCCOC(C)C. The van der Waals surface area contributed by atoms with E-state index in [9.17, 15) is 0 Å². The first-order valence-electron chi connectivity index (χ1n) is 6.74. The Hall–Kier alpha value is -1.14. The van der Waals surface area contributed by atoms with Gasteiger partial charge in [-0.05, 0) is 45.8 Å². The van der Waals surface area contributed by atoms with E-state index in [1.54, 1.807) is 0 Å². The number of nitrogens with zero attached hydrogens (tertiary/aromatic N) is 3. The number of rotatable bonds is 6. The van der Waals surface area contributed by atoms with Gasteiger partial charge in [0, 0.05) is 20.2 Å². The van der Waals surface area contributed by atoms with Gasteiger partial charge in [0.2, 0.25) is 0 Å². The topological polar surface area (TPSA) is 47.8 Å². The Morgan fingerprint density at radius 3 is 2.79 bits per heavy atom. The van der Waals surface area contributed by atoms with Gasteiger partial charge in [0.1, 0.15) is 5.52 Å². The number of imidazole rings is 1. The van der Waals surface area contributed by atoms with Gasteiger partial charge in [0.05, 0.1) is 11.8 Å². The largest absolute Gasteiger partial charge is 0.379 e. The minimum Gasteiger partial charge on any atom is -0.379 e. The molecule has 0 spiro atoms. The average molecular weight is 282 g/mol. The molecule has 0 aliphatic rings. The molecule has 6 heteroatoms. The number of unbranched alkanes of at least 4 members (excludes halogenated alkanes) is 1. The van der Waals surface area contributed by atoms with E-state index in [1.807, 2.05) is 18.7 Å². The Bertz CT molecular complexity index is 608. The molecule has 0 saturated heterocycles. The number of ether oxygens (including phenoxy) is 1. The summed E-state index contributed by atoms with van der Waals surface area (Å²) < 4.78 is 10.3. The smallest absolute Gasteiger partial charge is 0.179 e. The molecule has 0 amide bonds. The van der Waals surface area contributed by atoms with E-state index in [4.69, 9.17) is 17.0 Å². The third-order valence-corrected chi connectivity index (χ3v) is 3.47. The maximum absolute atomic E-state index is 5.55. The summed E-state index contributed by atoms with van der Waals surface area (Å²) in [6, 6.07) is 0. The van der Waals surface area contributed by atoms with Crippen molar-refractivity contribution < 1.29 is 4.74 Å². The van der Waals surface area contributed by atoms with Crippen LogP contribution in [0.4, 0.5) is 0 Å². The molecule has 0 aliphatic carbocycles. The highest BCUT2D eigenvalue weighted by atomic mass is 32.1. The van der Waals surface area contributed by atoms with Crippen molar-refractivity contribution in [1.82, 2.24) is 19.3 Å². The second kappa shape index (κ2) is 5.88. The minimum absolute atomic E-state index is 0.306. The molecule has 2 aromatic heterocycles. The summed E-state index contributed by atoms with van der Waals surface area (Å²) in [5, 5.41) is 4.41. The van der Waals surface area contributed by atoms with E-state index in [0.29, 0.717) is 6.10 Å². The van der Waals surface area contributed by atoms with Crippen molar-refractivity contribution in [2.45, 2.75) is 46.3 Å². The summed E-state index contributed by atoms with van der Waals surface area (Å²) in [5.74, 6) is 0. The molecule has 1 N–H and O–H groups in total. The number of aromatic nitrogens is 4. The van der Waals surface area contributed by atoms with Gasteiger partial charge >= 0.3 is 0 Å². The summed E-state index contributed by atoms with van der Waals surface area (Å²) >= 11 is 5.38. The normalized spacial score (nSPS) is 11.8. The Morgan fingerprint density at radius 1 is 1.37 bits per heavy atom. The van der Waals surface area contributed by atoms with Crippen molar-refractivity contribution in [3.8, 4) is 0 Å². The quantitative estimate of drug-likeness (QED) is 0.654. The fourth-order valence-corrected chi connectivity index (χ4v) is 2.55. The monoisotopic (exact) mass is 282 g/mol. The van der Waals surface area contributed by atoms with Crippen LogP contribution in [0.5, 0.6) is 0 Å². The van der Waals surface area contributed by atoms with E-state index in [2.05, 4.69) is 28.5 Å². The molecule has 0 radical (unpaired) electrons. The van der Waals surface area contributed by atoms with Gasteiger partial charge in [-0.1, -0.05) is 0 Å². The number of nitrogens with one attached hydrogen (secondary N) is 1. The molecular formula is C13H22N4OS. The van der Waals surface area contributed by atoms with E-state index >= 15 is 0 Å². The van der Waals surface area contributed by atoms with Crippen LogP contribution in [0.1, 0.15) is 32.4 Å². The third kappa shape index (κ3) is 3.06. The second-order valence-electron chi connectivity index (χ2n) is 5.12. The first kappa shape index (κ1) is 14.3. The lowest BCUT2D eigenvalue weighted by Crippen LogP contribution is -2.07. The summed E-state index contributed by atoms with van der Waals surface area (Å²) in [4.78, 5) is 3.24. The van der Waals surface area contributed by atoms with Crippen molar-refractivity contribution in [2.24, 2.45) is 7.05 Å². The molecule has 0 atom stereocenters. The highest BCUT2D eigenvalue weighted by Gasteiger charge is 2.12. The van der Waals surface area contributed by atoms with Gasteiger partial charge in [-0.2, -0.15) is 5.10 Å². The van der Waals surface area contributed by atoms with E-state index < -0.39 is 0 Å². The van der Waals surface area contributed by atoms with Crippen LogP contribution >= 0.6 is 12.2 Å². The van der Waals surface area contributed by atoms with Gasteiger partial charge in [0.15, 0.2) is 10.4 Å². The zero-order chi connectivity index (χ0) is 14.0. The van der Waals surface area contributed by atoms with Crippen LogP contribution in [-0.4, -0.2) is 32.0 Å². The molecule has 0 aliphatic heterocycles. The van der Waals surface area contributed by atoms with Crippen LogP contribution in [0.2, 0.25) is 0 Å². The molecule has 5 nitrogen and oxygen atoms in total. The van der Waals surface area contributed by atoms with Crippen LogP contribution in [0.3, 0.4) is 0 Å². The number of H-pyrrole nitrogens is 1. The van der Waals surface area contributed by atoms with E-state index in [0.717, 1.165) is 47.6 Å². The third-order valence-electron chi connectivity index (χ3n) is 3.15. The van der Waals surface area contributed by atoms with E-state index in [-0.39, 0.29) is 0 Å². The van der Waals surface area contributed by atoms with Crippen molar-refractivity contribution in [2.75, 3.05) is 6.61 Å². The van der Waals surface area contributed by atoms with Gasteiger partial charge < -0.3 is 14.3 Å². The highest BCUT2D eigenvalue weighted by molar-refractivity contribution is 7.71. The summed E-state index contributed by atoms with van der Waals surface area (Å²) in [6.45, 7) is 7.82. The maximum Gasteiger partial charge on any atom is 0.179 e. The highest BCUT2D eigenvalue weighted by Crippen LogP contribution is 2.17. The first-order chi connectivity index (χ1) is 9.00. The molecule has 19 heavy (non-hydrogen) atoms. The molecule has 2 rings (SSSR count). The van der Waals surface area contributed by atoms with Crippen molar-refractivity contribution >= 4 is 23.4 Å². The fraction of sp³-hybridized carbons (Fsp3) is 0.692. The van der Waals surface area contributed by atoms with Gasteiger partial charge in [-0.25, -0.2) is 0 Å². The fourth-order valence-electron chi connectivity index (χ4n) is 2.27. The van der Waals surface area contributed by atoms with E-state index in [1.165, 1.54) is 0 Å². The number of aryl methyl sites for hydroxylation is 3. The lowest BCUT2D eigenvalue weighted by molar-refractivity contribution is 0.0754. The number of aromatic amines is 1. The standard InChI is InChI=1S/C13H22N4OS/c1-9(2)18-8-6-5-7-17-12-11(14-13(17)19)10(3)15-16(12)4/h9H,5-8H2,1-4H3,(H,14,19). The summed E-state index contributed by atoms with van der Waals surface area (Å²) in [6.07, 6.45) is 2.41. The predicted molar refractivity (Wildman–Crippen MR) is 78.9 cm³/mol. The molecule has 106 valence electrons. The van der Waals surface area contributed by atoms with Gasteiger partial charge in [-0.3, -0.25) is 4.68 Å². The summed E-state index contributed by atoms with van der Waals surface area (Å²) in [7, 11) is 1.95.